The maximum absolute atomic E-state index is 12.9. The van der Waals surface area contributed by atoms with E-state index in [1.807, 2.05) is 0 Å². The third kappa shape index (κ3) is 5.82. The average molecular weight is 380 g/mol. The molecule has 0 saturated carbocycles. The number of rotatable bonds is 8. The van der Waals surface area contributed by atoms with Crippen LogP contribution in [0.4, 0.5) is 10.1 Å². The molecule has 2 rings (SSSR count). The van der Waals surface area contributed by atoms with E-state index in [-0.39, 0.29) is 18.9 Å². The highest BCUT2D eigenvalue weighted by Gasteiger charge is 2.20. The highest BCUT2D eigenvalue weighted by atomic mass is 32.2. The number of halogens is 1. The van der Waals surface area contributed by atoms with Crippen molar-refractivity contribution in [2.45, 2.75) is 6.42 Å². The van der Waals surface area contributed by atoms with Crippen LogP contribution in [-0.4, -0.2) is 45.1 Å². The van der Waals surface area contributed by atoms with Crippen molar-refractivity contribution >= 4 is 21.6 Å². The van der Waals surface area contributed by atoms with Gasteiger partial charge in [-0.15, -0.1) is 0 Å². The minimum Gasteiger partial charge on any atom is -0.495 e. The number of hydrogen-bond acceptors (Lipinski definition) is 4. The monoisotopic (exact) mass is 380 g/mol. The summed E-state index contributed by atoms with van der Waals surface area (Å²) >= 11 is 0. The van der Waals surface area contributed by atoms with Gasteiger partial charge in [0, 0.05) is 6.54 Å². The van der Waals surface area contributed by atoms with Gasteiger partial charge in [0.05, 0.1) is 25.6 Å². The smallest absolute Gasteiger partial charge is 0.239 e. The number of benzene rings is 2. The normalized spacial score (nSPS) is 11.4. The summed E-state index contributed by atoms with van der Waals surface area (Å²) in [5, 5.41) is 2.65. The van der Waals surface area contributed by atoms with Gasteiger partial charge in [-0.2, -0.15) is 4.31 Å². The van der Waals surface area contributed by atoms with Gasteiger partial charge < -0.3 is 10.1 Å². The Labute approximate surface area is 152 Å². The average Bonchev–Trinajstić information content (AvgIpc) is 2.59. The van der Waals surface area contributed by atoms with Crippen molar-refractivity contribution in [2.24, 2.45) is 0 Å². The van der Waals surface area contributed by atoms with Gasteiger partial charge in [0.15, 0.2) is 0 Å². The van der Waals surface area contributed by atoms with Crippen LogP contribution in [0.15, 0.2) is 48.5 Å². The lowest BCUT2D eigenvalue weighted by Gasteiger charge is -2.20. The minimum atomic E-state index is -3.58. The van der Waals surface area contributed by atoms with Crippen molar-refractivity contribution in [1.82, 2.24) is 4.31 Å². The van der Waals surface area contributed by atoms with Crippen LogP contribution in [-0.2, 0) is 21.2 Å². The molecule has 0 spiro atoms. The van der Waals surface area contributed by atoms with Crippen LogP contribution in [0.5, 0.6) is 5.75 Å². The Kier molecular flexibility index (Phi) is 6.70. The lowest BCUT2D eigenvalue weighted by atomic mass is 10.1. The molecule has 0 aliphatic rings. The first kappa shape index (κ1) is 19.9. The zero-order valence-corrected chi connectivity index (χ0v) is 15.4. The third-order valence-electron chi connectivity index (χ3n) is 3.73. The number of nitrogens with one attached hydrogen (secondary N) is 1. The molecule has 2 aromatic rings. The molecule has 0 atom stereocenters. The van der Waals surface area contributed by atoms with Crippen molar-refractivity contribution in [1.29, 1.82) is 0 Å². The Morgan fingerprint density at radius 1 is 1.15 bits per heavy atom. The van der Waals surface area contributed by atoms with Crippen molar-refractivity contribution < 1.29 is 22.3 Å². The number of carbonyl (C=O) groups is 1. The molecule has 0 unspecified atom stereocenters. The molecule has 0 aliphatic carbocycles. The molecule has 2 aromatic carbocycles. The number of sulfonamides is 1. The van der Waals surface area contributed by atoms with Gasteiger partial charge in [0.2, 0.25) is 15.9 Å². The maximum atomic E-state index is 12.9. The van der Waals surface area contributed by atoms with Crippen molar-refractivity contribution in [2.75, 3.05) is 31.8 Å². The summed E-state index contributed by atoms with van der Waals surface area (Å²) in [6.07, 6.45) is 1.42. The summed E-state index contributed by atoms with van der Waals surface area (Å²) in [6, 6.07) is 12.7. The van der Waals surface area contributed by atoms with Crippen LogP contribution < -0.4 is 10.1 Å². The lowest BCUT2D eigenvalue weighted by Crippen LogP contribution is -2.38. The Morgan fingerprint density at radius 2 is 1.81 bits per heavy atom. The number of para-hydroxylation sites is 2. The molecular weight excluding hydrogens is 359 g/mol. The second-order valence-electron chi connectivity index (χ2n) is 5.72. The standard InChI is InChI=1S/C18H21FN2O4S/c1-25-17-6-4-3-5-16(17)20-18(22)13-21(26(2,23)24)12-11-14-7-9-15(19)10-8-14/h3-10H,11-13H2,1-2H3,(H,20,22). The van der Waals surface area contributed by atoms with E-state index in [1.165, 1.54) is 19.2 Å². The van der Waals surface area contributed by atoms with Gasteiger partial charge in [-0.1, -0.05) is 24.3 Å². The second-order valence-corrected chi connectivity index (χ2v) is 7.70. The van der Waals surface area contributed by atoms with Crippen LogP contribution in [0.2, 0.25) is 0 Å². The second kappa shape index (κ2) is 8.77. The fraction of sp³-hybridized carbons (Fsp3) is 0.278. The molecule has 140 valence electrons. The number of carbonyl (C=O) groups excluding carboxylic acids is 1. The molecule has 6 nitrogen and oxygen atoms in total. The summed E-state index contributed by atoms with van der Waals surface area (Å²) in [5.74, 6) is -0.345. The molecule has 0 saturated heterocycles. The summed E-state index contributed by atoms with van der Waals surface area (Å²) in [5.41, 5.74) is 1.25. The summed E-state index contributed by atoms with van der Waals surface area (Å²) in [7, 11) is -2.10. The predicted octanol–water partition coefficient (Wildman–Crippen LogP) is 2.28. The maximum Gasteiger partial charge on any atom is 0.239 e. The molecule has 0 fully saturated rings. The molecule has 0 aromatic heterocycles. The Balaban J connectivity index is 2.03. The first-order valence-electron chi connectivity index (χ1n) is 7.92. The number of methoxy groups -OCH3 is 1. The number of amides is 1. The first-order chi connectivity index (χ1) is 12.3. The van der Waals surface area contributed by atoms with E-state index in [2.05, 4.69) is 5.32 Å². The van der Waals surface area contributed by atoms with E-state index in [1.54, 1.807) is 36.4 Å². The zero-order valence-electron chi connectivity index (χ0n) is 14.6. The van der Waals surface area contributed by atoms with E-state index in [0.717, 1.165) is 16.1 Å². The highest BCUT2D eigenvalue weighted by molar-refractivity contribution is 7.88. The van der Waals surface area contributed by atoms with Crippen LogP contribution in [0.3, 0.4) is 0 Å². The van der Waals surface area contributed by atoms with Gasteiger partial charge in [0.1, 0.15) is 11.6 Å². The number of nitrogens with zero attached hydrogens (tertiary/aromatic N) is 1. The van der Waals surface area contributed by atoms with Gasteiger partial charge >= 0.3 is 0 Å². The molecule has 0 bridgehead atoms. The quantitative estimate of drug-likeness (QED) is 0.762. The van der Waals surface area contributed by atoms with Crippen LogP contribution in [0.1, 0.15) is 5.56 Å². The van der Waals surface area contributed by atoms with Crippen molar-refractivity contribution in [3.63, 3.8) is 0 Å². The van der Waals surface area contributed by atoms with Crippen LogP contribution in [0.25, 0.3) is 0 Å². The Hall–Kier alpha value is -2.45. The first-order valence-corrected chi connectivity index (χ1v) is 9.77. The largest absolute Gasteiger partial charge is 0.495 e. The topological polar surface area (TPSA) is 75.7 Å². The molecule has 26 heavy (non-hydrogen) atoms. The molecule has 0 radical (unpaired) electrons. The molecular formula is C18H21FN2O4S. The third-order valence-corrected chi connectivity index (χ3v) is 4.98. The number of anilines is 1. The molecule has 0 aliphatic heterocycles. The fourth-order valence-corrected chi connectivity index (χ4v) is 3.14. The Morgan fingerprint density at radius 3 is 2.42 bits per heavy atom. The van der Waals surface area contributed by atoms with Crippen LogP contribution in [0, 0.1) is 5.82 Å². The molecule has 8 heteroatoms. The van der Waals surface area contributed by atoms with Gasteiger partial charge in [-0.25, -0.2) is 12.8 Å². The number of ether oxygens (including phenoxy) is 1. The fourth-order valence-electron chi connectivity index (χ4n) is 2.36. The summed E-state index contributed by atoms with van der Waals surface area (Å²) < 4.78 is 43.1. The Bertz CT molecular complexity index is 854. The minimum absolute atomic E-state index is 0.115. The highest BCUT2D eigenvalue weighted by Crippen LogP contribution is 2.22. The van der Waals surface area contributed by atoms with Gasteiger partial charge in [0.25, 0.3) is 0 Å². The van der Waals surface area contributed by atoms with Gasteiger partial charge in [-0.3, -0.25) is 4.79 Å². The van der Waals surface area contributed by atoms with Crippen molar-refractivity contribution in [3.8, 4) is 5.75 Å². The van der Waals surface area contributed by atoms with E-state index in [0.29, 0.717) is 17.9 Å². The van der Waals surface area contributed by atoms with E-state index >= 15 is 0 Å². The lowest BCUT2D eigenvalue weighted by molar-refractivity contribution is -0.116. The molecule has 1 amide bonds. The number of hydrogen-bond donors (Lipinski definition) is 1. The van der Waals surface area contributed by atoms with Crippen LogP contribution >= 0.6 is 0 Å². The molecule has 1 N–H and O–H groups in total. The SMILES string of the molecule is COc1ccccc1NC(=O)CN(CCc1ccc(F)cc1)S(C)(=O)=O. The predicted molar refractivity (Wildman–Crippen MR) is 98.1 cm³/mol. The summed E-state index contributed by atoms with van der Waals surface area (Å²) in [4.78, 5) is 12.3. The van der Waals surface area contributed by atoms with Crippen molar-refractivity contribution in [3.05, 3.63) is 59.9 Å². The van der Waals surface area contributed by atoms with Gasteiger partial charge in [-0.05, 0) is 36.2 Å². The van der Waals surface area contributed by atoms with E-state index in [4.69, 9.17) is 4.74 Å². The van der Waals surface area contributed by atoms with E-state index < -0.39 is 15.9 Å². The summed E-state index contributed by atoms with van der Waals surface area (Å²) in [6.45, 7) is -0.206. The zero-order chi connectivity index (χ0) is 19.2. The molecule has 0 heterocycles. The van der Waals surface area contributed by atoms with E-state index in [9.17, 15) is 17.6 Å².